The van der Waals surface area contributed by atoms with Gasteiger partial charge in [0.2, 0.25) is 5.91 Å². The minimum absolute atomic E-state index is 0.0963. The average molecular weight is 184 g/mol. The van der Waals surface area contributed by atoms with Gasteiger partial charge in [0.25, 0.3) is 0 Å². The second-order valence-electron chi connectivity index (χ2n) is 4.31. The fourth-order valence-electron chi connectivity index (χ4n) is 1.86. The minimum atomic E-state index is -0.354. The lowest BCUT2D eigenvalue weighted by molar-refractivity contribution is -0.136. The van der Waals surface area contributed by atoms with E-state index in [-0.39, 0.29) is 11.9 Å². The van der Waals surface area contributed by atoms with Crippen LogP contribution in [0.5, 0.6) is 0 Å². The van der Waals surface area contributed by atoms with E-state index in [2.05, 4.69) is 13.8 Å². The van der Waals surface area contributed by atoms with Crippen molar-refractivity contribution < 1.29 is 4.79 Å². The molecule has 3 atom stereocenters. The lowest BCUT2D eigenvalue weighted by Gasteiger charge is -2.37. The summed E-state index contributed by atoms with van der Waals surface area (Å²) in [6.45, 7) is 6.93. The van der Waals surface area contributed by atoms with Crippen LogP contribution < -0.4 is 5.73 Å². The molecule has 13 heavy (non-hydrogen) atoms. The van der Waals surface area contributed by atoms with Crippen molar-refractivity contribution in [2.24, 2.45) is 11.7 Å². The molecule has 0 aromatic heterocycles. The average Bonchev–Trinajstić information content (AvgIpc) is 2.08. The van der Waals surface area contributed by atoms with Crippen LogP contribution in [0.15, 0.2) is 0 Å². The van der Waals surface area contributed by atoms with Gasteiger partial charge in [-0.1, -0.05) is 6.92 Å². The molecular formula is C10H20N2O. The highest BCUT2D eigenvalue weighted by Gasteiger charge is 2.28. The molecule has 2 unspecified atom stereocenters. The van der Waals surface area contributed by atoms with Crippen molar-refractivity contribution in [3.05, 3.63) is 0 Å². The number of nitrogens with zero attached hydrogens (tertiary/aromatic N) is 1. The quantitative estimate of drug-likeness (QED) is 0.660. The van der Waals surface area contributed by atoms with E-state index in [9.17, 15) is 4.79 Å². The summed E-state index contributed by atoms with van der Waals surface area (Å²) >= 11 is 0. The normalized spacial score (nSPS) is 31.5. The van der Waals surface area contributed by atoms with Gasteiger partial charge in [0.1, 0.15) is 0 Å². The van der Waals surface area contributed by atoms with Crippen molar-refractivity contribution in [3.63, 3.8) is 0 Å². The highest BCUT2D eigenvalue weighted by Crippen LogP contribution is 2.21. The molecule has 76 valence electrons. The Balaban J connectivity index is 2.60. The molecule has 1 amide bonds. The molecule has 1 aliphatic heterocycles. The highest BCUT2D eigenvalue weighted by atomic mass is 16.2. The molecule has 0 bridgehead atoms. The SMILES string of the molecule is CC1CCC(C)N(C(=O)[C@H](C)N)C1. The Labute approximate surface area is 80.3 Å². The number of nitrogens with two attached hydrogens (primary N) is 1. The molecule has 0 spiro atoms. The monoisotopic (exact) mass is 184 g/mol. The number of hydrogen-bond donors (Lipinski definition) is 1. The Morgan fingerprint density at radius 2 is 2.08 bits per heavy atom. The standard InChI is InChI=1S/C10H20N2O/c1-7-4-5-8(2)12(6-7)10(13)9(3)11/h7-9H,4-6,11H2,1-3H3/t7?,8?,9-/m0/s1. The van der Waals surface area contributed by atoms with Crippen LogP contribution in [0.3, 0.4) is 0 Å². The maximum Gasteiger partial charge on any atom is 0.239 e. The number of piperidine rings is 1. The first-order valence-electron chi connectivity index (χ1n) is 5.08. The van der Waals surface area contributed by atoms with Crippen molar-refractivity contribution >= 4 is 5.91 Å². The van der Waals surface area contributed by atoms with Crippen LogP contribution in [0.25, 0.3) is 0 Å². The Kier molecular flexibility index (Phi) is 3.31. The van der Waals surface area contributed by atoms with E-state index in [1.54, 1.807) is 6.92 Å². The van der Waals surface area contributed by atoms with E-state index >= 15 is 0 Å². The fourth-order valence-corrected chi connectivity index (χ4v) is 1.86. The lowest BCUT2D eigenvalue weighted by atomic mass is 9.94. The second-order valence-corrected chi connectivity index (χ2v) is 4.31. The van der Waals surface area contributed by atoms with E-state index in [0.29, 0.717) is 12.0 Å². The zero-order chi connectivity index (χ0) is 10.0. The molecule has 1 rings (SSSR count). The Morgan fingerprint density at radius 1 is 1.46 bits per heavy atom. The Hall–Kier alpha value is -0.570. The third-order valence-corrected chi connectivity index (χ3v) is 2.79. The van der Waals surface area contributed by atoms with E-state index < -0.39 is 0 Å². The van der Waals surface area contributed by atoms with Crippen LogP contribution in [0, 0.1) is 5.92 Å². The first-order chi connectivity index (χ1) is 6.02. The fraction of sp³-hybridized carbons (Fsp3) is 0.900. The molecule has 2 N–H and O–H groups in total. The van der Waals surface area contributed by atoms with Gasteiger partial charge in [-0.25, -0.2) is 0 Å². The van der Waals surface area contributed by atoms with Crippen LogP contribution in [0.4, 0.5) is 0 Å². The van der Waals surface area contributed by atoms with Crippen molar-refractivity contribution in [1.82, 2.24) is 4.90 Å². The second kappa shape index (κ2) is 4.09. The maximum absolute atomic E-state index is 11.7. The van der Waals surface area contributed by atoms with Gasteiger partial charge in [0.15, 0.2) is 0 Å². The molecular weight excluding hydrogens is 164 g/mol. The van der Waals surface area contributed by atoms with Crippen LogP contribution in [-0.2, 0) is 4.79 Å². The van der Waals surface area contributed by atoms with Gasteiger partial charge in [-0.05, 0) is 32.6 Å². The molecule has 3 heteroatoms. The molecule has 0 radical (unpaired) electrons. The third-order valence-electron chi connectivity index (χ3n) is 2.79. The zero-order valence-electron chi connectivity index (χ0n) is 8.79. The molecule has 1 fully saturated rings. The number of carbonyl (C=O) groups is 1. The molecule has 0 saturated carbocycles. The number of carbonyl (C=O) groups excluding carboxylic acids is 1. The third kappa shape index (κ3) is 2.44. The molecule has 0 aliphatic carbocycles. The zero-order valence-corrected chi connectivity index (χ0v) is 8.79. The number of amides is 1. The maximum atomic E-state index is 11.7. The summed E-state index contributed by atoms with van der Waals surface area (Å²) in [6.07, 6.45) is 2.34. The van der Waals surface area contributed by atoms with E-state index in [4.69, 9.17) is 5.73 Å². The van der Waals surface area contributed by atoms with Gasteiger partial charge in [0.05, 0.1) is 6.04 Å². The van der Waals surface area contributed by atoms with Gasteiger partial charge in [-0.3, -0.25) is 4.79 Å². The van der Waals surface area contributed by atoms with Crippen LogP contribution in [0.1, 0.15) is 33.6 Å². The van der Waals surface area contributed by atoms with E-state index in [1.165, 1.54) is 6.42 Å². The van der Waals surface area contributed by atoms with Crippen molar-refractivity contribution in [1.29, 1.82) is 0 Å². The molecule has 0 aromatic carbocycles. The lowest BCUT2D eigenvalue weighted by Crippen LogP contribution is -2.50. The summed E-state index contributed by atoms with van der Waals surface area (Å²) in [4.78, 5) is 13.6. The summed E-state index contributed by atoms with van der Waals surface area (Å²) < 4.78 is 0. The van der Waals surface area contributed by atoms with Crippen molar-refractivity contribution in [2.75, 3.05) is 6.54 Å². The van der Waals surface area contributed by atoms with Gasteiger partial charge in [-0.2, -0.15) is 0 Å². The summed E-state index contributed by atoms with van der Waals surface area (Å²) in [5.74, 6) is 0.720. The molecule has 1 heterocycles. The summed E-state index contributed by atoms with van der Waals surface area (Å²) in [5, 5.41) is 0. The summed E-state index contributed by atoms with van der Waals surface area (Å²) in [7, 11) is 0. The van der Waals surface area contributed by atoms with Gasteiger partial charge in [0, 0.05) is 12.6 Å². The van der Waals surface area contributed by atoms with Gasteiger partial charge < -0.3 is 10.6 Å². The predicted octanol–water partition coefficient (Wildman–Crippen LogP) is 0.981. The van der Waals surface area contributed by atoms with Crippen LogP contribution in [0.2, 0.25) is 0 Å². The van der Waals surface area contributed by atoms with Gasteiger partial charge >= 0.3 is 0 Å². The summed E-state index contributed by atoms with van der Waals surface area (Å²) in [6, 6.07) is 0.0162. The number of rotatable bonds is 1. The van der Waals surface area contributed by atoms with Crippen molar-refractivity contribution in [2.45, 2.75) is 45.7 Å². The van der Waals surface area contributed by atoms with Crippen molar-refractivity contribution in [3.8, 4) is 0 Å². The molecule has 3 nitrogen and oxygen atoms in total. The molecule has 0 aromatic rings. The predicted molar refractivity (Wildman–Crippen MR) is 53.2 cm³/mol. The highest BCUT2D eigenvalue weighted by molar-refractivity contribution is 5.81. The molecule has 1 aliphatic rings. The van der Waals surface area contributed by atoms with Gasteiger partial charge in [-0.15, -0.1) is 0 Å². The van der Waals surface area contributed by atoms with Crippen LogP contribution >= 0.6 is 0 Å². The number of likely N-dealkylation sites (tertiary alicyclic amines) is 1. The first kappa shape index (κ1) is 10.5. The molecule has 1 saturated heterocycles. The van der Waals surface area contributed by atoms with E-state index in [1.807, 2.05) is 4.90 Å². The van der Waals surface area contributed by atoms with E-state index in [0.717, 1.165) is 13.0 Å². The minimum Gasteiger partial charge on any atom is -0.338 e. The topological polar surface area (TPSA) is 46.3 Å². The number of hydrogen-bond acceptors (Lipinski definition) is 2. The largest absolute Gasteiger partial charge is 0.338 e. The Morgan fingerprint density at radius 3 is 2.62 bits per heavy atom. The van der Waals surface area contributed by atoms with Crippen LogP contribution in [-0.4, -0.2) is 29.4 Å². The first-order valence-corrected chi connectivity index (χ1v) is 5.08. The Bertz CT molecular complexity index is 191. The smallest absolute Gasteiger partial charge is 0.239 e. The summed E-state index contributed by atoms with van der Waals surface area (Å²) in [5.41, 5.74) is 5.58.